The second-order valence-electron chi connectivity index (χ2n) is 2.97. The van der Waals surface area contributed by atoms with Gasteiger partial charge in [0.25, 0.3) is 0 Å². The monoisotopic (exact) mass is 189 g/mol. The van der Waals surface area contributed by atoms with Crippen LogP contribution in [0.15, 0.2) is 0 Å². The maximum absolute atomic E-state index is 11.4. The maximum Gasteiger partial charge on any atom is 0.301 e. The van der Waals surface area contributed by atoms with E-state index in [1.165, 1.54) is 6.92 Å². The Bertz CT molecular complexity index is 198. The minimum Gasteiger partial charge on any atom is -0.388 e. The zero-order chi connectivity index (χ0) is 10.5. The molecule has 76 valence electrons. The van der Waals surface area contributed by atoms with E-state index in [9.17, 15) is 14.9 Å². The Hall–Kier alpha value is -0.970. The fourth-order valence-electron chi connectivity index (χ4n) is 1.15. The summed E-state index contributed by atoms with van der Waals surface area (Å²) in [6.07, 6.45) is 0.749. The van der Waals surface area contributed by atoms with E-state index < -0.39 is 22.9 Å². The number of hydrogen-bond acceptors (Lipinski definition) is 4. The highest BCUT2D eigenvalue weighted by atomic mass is 16.6. The van der Waals surface area contributed by atoms with Crippen LogP contribution in [0.25, 0.3) is 0 Å². The van der Waals surface area contributed by atoms with Crippen molar-refractivity contribution in [3.63, 3.8) is 0 Å². The van der Waals surface area contributed by atoms with Crippen molar-refractivity contribution >= 4 is 5.78 Å². The standard InChI is InChI=1S/C8H15NO4/c1-3-5-7(11)8(4-2,6-10)9(12)13/h10H,3-6H2,1-2H3. The molecule has 0 aromatic rings. The van der Waals surface area contributed by atoms with E-state index in [1.807, 2.05) is 0 Å². The van der Waals surface area contributed by atoms with Crippen molar-refractivity contribution in [1.29, 1.82) is 0 Å². The molecule has 0 fully saturated rings. The van der Waals surface area contributed by atoms with Crippen LogP contribution < -0.4 is 0 Å². The topological polar surface area (TPSA) is 80.4 Å². The molecule has 0 amide bonds. The van der Waals surface area contributed by atoms with Crippen LogP contribution in [0.3, 0.4) is 0 Å². The van der Waals surface area contributed by atoms with E-state index in [1.54, 1.807) is 6.92 Å². The van der Waals surface area contributed by atoms with E-state index in [-0.39, 0.29) is 12.8 Å². The first-order chi connectivity index (χ1) is 6.05. The molecule has 0 saturated heterocycles. The van der Waals surface area contributed by atoms with Crippen molar-refractivity contribution in [3.05, 3.63) is 10.1 Å². The smallest absolute Gasteiger partial charge is 0.301 e. The summed E-state index contributed by atoms with van der Waals surface area (Å²) >= 11 is 0. The molecule has 0 aliphatic heterocycles. The Morgan fingerprint density at radius 2 is 2.08 bits per heavy atom. The normalized spacial score (nSPS) is 15.0. The summed E-state index contributed by atoms with van der Waals surface area (Å²) in [7, 11) is 0. The molecule has 5 nitrogen and oxygen atoms in total. The van der Waals surface area contributed by atoms with E-state index in [0.29, 0.717) is 6.42 Å². The van der Waals surface area contributed by atoms with Crippen LogP contribution in [0.2, 0.25) is 0 Å². The number of aliphatic hydroxyl groups excluding tert-OH is 1. The van der Waals surface area contributed by atoms with Gasteiger partial charge in [-0.15, -0.1) is 0 Å². The molecule has 0 heterocycles. The van der Waals surface area contributed by atoms with Crippen LogP contribution in [0, 0.1) is 10.1 Å². The van der Waals surface area contributed by atoms with Crippen molar-refractivity contribution in [2.75, 3.05) is 6.61 Å². The van der Waals surface area contributed by atoms with E-state index in [4.69, 9.17) is 5.11 Å². The molecule has 0 rings (SSSR count). The molecule has 0 spiro atoms. The van der Waals surface area contributed by atoms with Gasteiger partial charge >= 0.3 is 5.54 Å². The lowest BCUT2D eigenvalue weighted by molar-refractivity contribution is -0.556. The zero-order valence-corrected chi connectivity index (χ0v) is 7.95. The molecule has 1 unspecified atom stereocenters. The third-order valence-corrected chi connectivity index (χ3v) is 2.19. The summed E-state index contributed by atoms with van der Waals surface area (Å²) in [6, 6.07) is 0. The number of carbonyl (C=O) groups excluding carboxylic acids is 1. The van der Waals surface area contributed by atoms with Crippen molar-refractivity contribution in [2.24, 2.45) is 0 Å². The lowest BCUT2D eigenvalue weighted by Crippen LogP contribution is -2.49. The van der Waals surface area contributed by atoms with E-state index in [0.717, 1.165) is 0 Å². The minimum absolute atomic E-state index is 0.0370. The number of rotatable bonds is 6. The van der Waals surface area contributed by atoms with Gasteiger partial charge in [0.2, 0.25) is 5.78 Å². The van der Waals surface area contributed by atoms with Gasteiger partial charge in [-0.25, -0.2) is 0 Å². The second kappa shape index (κ2) is 4.91. The summed E-state index contributed by atoms with van der Waals surface area (Å²) < 4.78 is 0. The van der Waals surface area contributed by atoms with Crippen LogP contribution in [-0.2, 0) is 4.79 Å². The maximum atomic E-state index is 11.4. The fraction of sp³-hybridized carbons (Fsp3) is 0.875. The Kier molecular flexibility index (Phi) is 4.55. The zero-order valence-electron chi connectivity index (χ0n) is 7.95. The van der Waals surface area contributed by atoms with Gasteiger partial charge in [0.05, 0.1) is 0 Å². The van der Waals surface area contributed by atoms with Gasteiger partial charge in [0.15, 0.2) is 0 Å². The molecule has 0 aromatic carbocycles. The Morgan fingerprint density at radius 3 is 2.31 bits per heavy atom. The van der Waals surface area contributed by atoms with Crippen molar-refractivity contribution in [2.45, 2.75) is 38.6 Å². The quantitative estimate of drug-likeness (QED) is 0.494. The van der Waals surface area contributed by atoms with Gasteiger partial charge in [-0.3, -0.25) is 14.9 Å². The van der Waals surface area contributed by atoms with Gasteiger partial charge in [0.1, 0.15) is 6.61 Å². The average Bonchev–Trinajstić information content (AvgIpc) is 2.07. The van der Waals surface area contributed by atoms with Crippen LogP contribution >= 0.6 is 0 Å². The largest absolute Gasteiger partial charge is 0.388 e. The molecule has 0 saturated carbocycles. The molecule has 0 aromatic heterocycles. The Morgan fingerprint density at radius 1 is 1.54 bits per heavy atom. The summed E-state index contributed by atoms with van der Waals surface area (Å²) in [4.78, 5) is 21.3. The first-order valence-electron chi connectivity index (χ1n) is 4.33. The highest BCUT2D eigenvalue weighted by Crippen LogP contribution is 2.18. The predicted octanol–water partition coefficient (Wildman–Crippen LogP) is 0.773. The molecule has 1 atom stereocenters. The number of Topliss-reactive ketones (excluding diaryl/α,β-unsaturated/α-hetero) is 1. The van der Waals surface area contributed by atoms with Crippen LogP contribution in [0.1, 0.15) is 33.1 Å². The first kappa shape index (κ1) is 12.0. The Labute approximate surface area is 76.9 Å². The first-order valence-corrected chi connectivity index (χ1v) is 4.33. The van der Waals surface area contributed by atoms with Crippen molar-refractivity contribution < 1.29 is 14.8 Å². The number of hydrogen-bond donors (Lipinski definition) is 1. The molecule has 0 radical (unpaired) electrons. The molecule has 0 aliphatic carbocycles. The molecule has 0 bridgehead atoms. The van der Waals surface area contributed by atoms with E-state index >= 15 is 0 Å². The second-order valence-corrected chi connectivity index (χ2v) is 2.97. The van der Waals surface area contributed by atoms with Crippen molar-refractivity contribution in [3.8, 4) is 0 Å². The van der Waals surface area contributed by atoms with Crippen LogP contribution in [-0.4, -0.2) is 28.0 Å². The summed E-state index contributed by atoms with van der Waals surface area (Å²) in [5, 5.41) is 19.5. The van der Waals surface area contributed by atoms with Crippen LogP contribution in [0.4, 0.5) is 0 Å². The molecule has 13 heavy (non-hydrogen) atoms. The molecular formula is C8H15NO4. The summed E-state index contributed by atoms with van der Waals surface area (Å²) in [5.74, 6) is -0.481. The number of nitrogens with zero attached hydrogens (tertiary/aromatic N) is 1. The molecular weight excluding hydrogens is 174 g/mol. The van der Waals surface area contributed by atoms with Gasteiger partial charge in [0, 0.05) is 17.8 Å². The number of nitro groups is 1. The fourth-order valence-corrected chi connectivity index (χ4v) is 1.15. The summed E-state index contributed by atoms with van der Waals surface area (Å²) in [5.41, 5.74) is -1.77. The highest BCUT2D eigenvalue weighted by Gasteiger charge is 2.47. The number of carbonyl (C=O) groups is 1. The SMILES string of the molecule is CCCC(=O)C(CC)(CO)[N+](=O)[O-]. The lowest BCUT2D eigenvalue weighted by atomic mass is 9.90. The van der Waals surface area contributed by atoms with Gasteiger partial charge in [-0.2, -0.15) is 0 Å². The Balaban J connectivity index is 4.75. The predicted molar refractivity (Wildman–Crippen MR) is 47.0 cm³/mol. The lowest BCUT2D eigenvalue weighted by Gasteiger charge is -2.19. The number of ketones is 1. The van der Waals surface area contributed by atoms with Gasteiger partial charge in [-0.05, 0) is 6.42 Å². The van der Waals surface area contributed by atoms with E-state index in [2.05, 4.69) is 0 Å². The molecule has 5 heteroatoms. The highest BCUT2D eigenvalue weighted by molar-refractivity contribution is 5.87. The van der Waals surface area contributed by atoms with Crippen molar-refractivity contribution in [1.82, 2.24) is 0 Å². The third-order valence-electron chi connectivity index (χ3n) is 2.19. The van der Waals surface area contributed by atoms with Gasteiger partial charge < -0.3 is 5.11 Å². The average molecular weight is 189 g/mol. The van der Waals surface area contributed by atoms with Crippen LogP contribution in [0.5, 0.6) is 0 Å². The minimum atomic E-state index is -1.77. The summed E-state index contributed by atoms with van der Waals surface area (Å²) in [6.45, 7) is 2.59. The molecule has 1 N–H and O–H groups in total. The third kappa shape index (κ3) is 2.24. The molecule has 0 aliphatic rings. The van der Waals surface area contributed by atoms with Gasteiger partial charge in [-0.1, -0.05) is 13.8 Å². The number of aliphatic hydroxyl groups is 1.